The molecule has 25 heavy (non-hydrogen) atoms. The van der Waals surface area contributed by atoms with Crippen molar-refractivity contribution in [2.75, 3.05) is 16.8 Å². The summed E-state index contributed by atoms with van der Waals surface area (Å²) >= 11 is 6.16. The number of nitrogens with one attached hydrogen (secondary N) is 1. The van der Waals surface area contributed by atoms with Crippen molar-refractivity contribution in [3.8, 4) is 0 Å². The molecule has 1 aliphatic rings. The average Bonchev–Trinajstić information content (AvgIpc) is 2.95. The topological polar surface area (TPSA) is 49.4 Å². The van der Waals surface area contributed by atoms with E-state index in [-0.39, 0.29) is 24.2 Å². The number of anilines is 2. The van der Waals surface area contributed by atoms with E-state index < -0.39 is 0 Å². The lowest BCUT2D eigenvalue weighted by Gasteiger charge is -2.17. The van der Waals surface area contributed by atoms with E-state index in [9.17, 15) is 9.59 Å². The Kier molecular flexibility index (Phi) is 4.82. The largest absolute Gasteiger partial charge is 0.326 e. The van der Waals surface area contributed by atoms with E-state index >= 15 is 0 Å². The van der Waals surface area contributed by atoms with Crippen molar-refractivity contribution in [3.63, 3.8) is 0 Å². The third-order valence-electron chi connectivity index (χ3n) is 4.74. The summed E-state index contributed by atoms with van der Waals surface area (Å²) in [4.78, 5) is 26.5. The van der Waals surface area contributed by atoms with E-state index in [2.05, 4.69) is 5.32 Å². The molecule has 0 radical (unpaired) electrons. The van der Waals surface area contributed by atoms with Gasteiger partial charge in [0.15, 0.2) is 0 Å². The Hall–Kier alpha value is -2.33. The number of benzene rings is 2. The summed E-state index contributed by atoms with van der Waals surface area (Å²) in [7, 11) is 0. The summed E-state index contributed by atoms with van der Waals surface area (Å²) in [6, 6.07) is 11.3. The number of carbonyl (C=O) groups is 2. The van der Waals surface area contributed by atoms with Crippen LogP contribution >= 0.6 is 11.6 Å². The van der Waals surface area contributed by atoms with Gasteiger partial charge in [-0.3, -0.25) is 9.59 Å². The van der Waals surface area contributed by atoms with Gasteiger partial charge in [0.2, 0.25) is 11.8 Å². The van der Waals surface area contributed by atoms with Gasteiger partial charge in [0.05, 0.1) is 5.92 Å². The van der Waals surface area contributed by atoms with Gasteiger partial charge < -0.3 is 10.2 Å². The van der Waals surface area contributed by atoms with Gasteiger partial charge in [-0.2, -0.15) is 0 Å². The van der Waals surface area contributed by atoms with E-state index in [0.717, 1.165) is 22.5 Å². The summed E-state index contributed by atoms with van der Waals surface area (Å²) in [6.07, 6.45) is 0.210. The minimum absolute atomic E-state index is 0.0554. The molecule has 1 aliphatic heterocycles. The van der Waals surface area contributed by atoms with Crippen LogP contribution in [0.5, 0.6) is 0 Å². The molecule has 2 aromatic rings. The molecule has 4 nitrogen and oxygen atoms in total. The summed E-state index contributed by atoms with van der Waals surface area (Å²) in [5.41, 5.74) is 4.76. The van der Waals surface area contributed by atoms with Gasteiger partial charge in [-0.05, 0) is 61.7 Å². The van der Waals surface area contributed by atoms with Crippen molar-refractivity contribution in [2.45, 2.75) is 27.2 Å². The highest BCUT2D eigenvalue weighted by Crippen LogP contribution is 2.29. The number of carbonyl (C=O) groups excluding carboxylic acids is 2. The van der Waals surface area contributed by atoms with Gasteiger partial charge in [0.1, 0.15) is 0 Å². The van der Waals surface area contributed by atoms with E-state index in [4.69, 9.17) is 11.6 Å². The highest BCUT2D eigenvalue weighted by Gasteiger charge is 2.35. The molecular weight excluding hydrogens is 336 g/mol. The van der Waals surface area contributed by atoms with Crippen molar-refractivity contribution in [2.24, 2.45) is 5.92 Å². The normalized spacial score (nSPS) is 17.0. The Balaban J connectivity index is 1.71. The molecule has 2 aromatic carbocycles. The van der Waals surface area contributed by atoms with Crippen LogP contribution in [0.15, 0.2) is 36.4 Å². The van der Waals surface area contributed by atoms with Crippen LogP contribution in [0.2, 0.25) is 5.02 Å². The fraction of sp³-hybridized carbons (Fsp3) is 0.300. The molecule has 0 saturated carbocycles. The van der Waals surface area contributed by atoms with Crippen molar-refractivity contribution < 1.29 is 9.59 Å². The first kappa shape index (κ1) is 17.5. The molecule has 0 bridgehead atoms. The standard InChI is InChI=1S/C20H21ClN2O2/c1-12-4-6-16(8-14(12)3)22-20(25)15-9-19(24)23(11-15)17-7-5-13(2)18(21)10-17/h4-8,10,15H,9,11H2,1-3H3,(H,22,25)/t15-/m0/s1. The van der Waals surface area contributed by atoms with Crippen LogP contribution in [-0.2, 0) is 9.59 Å². The van der Waals surface area contributed by atoms with Gasteiger partial charge >= 0.3 is 0 Å². The van der Waals surface area contributed by atoms with Crippen molar-refractivity contribution in [3.05, 3.63) is 58.1 Å². The molecule has 2 amide bonds. The molecule has 1 atom stereocenters. The Bertz CT molecular complexity index is 848. The first-order valence-corrected chi connectivity index (χ1v) is 8.67. The third-order valence-corrected chi connectivity index (χ3v) is 5.14. The molecule has 0 aliphatic carbocycles. The van der Waals surface area contributed by atoms with Crippen molar-refractivity contribution >= 4 is 34.8 Å². The molecule has 0 unspecified atom stereocenters. The van der Waals surface area contributed by atoms with Crippen LogP contribution in [0.3, 0.4) is 0 Å². The first-order valence-electron chi connectivity index (χ1n) is 8.30. The fourth-order valence-electron chi connectivity index (χ4n) is 2.95. The maximum atomic E-state index is 12.5. The zero-order valence-electron chi connectivity index (χ0n) is 14.6. The van der Waals surface area contributed by atoms with Gasteiger partial charge in [-0.1, -0.05) is 23.7 Å². The molecular formula is C20H21ClN2O2. The predicted molar refractivity (Wildman–Crippen MR) is 101 cm³/mol. The second-order valence-electron chi connectivity index (χ2n) is 6.63. The summed E-state index contributed by atoms with van der Waals surface area (Å²) in [5.74, 6) is -0.549. The summed E-state index contributed by atoms with van der Waals surface area (Å²) in [6.45, 7) is 6.32. The van der Waals surface area contributed by atoms with Crippen molar-refractivity contribution in [1.29, 1.82) is 0 Å². The molecule has 0 spiro atoms. The number of rotatable bonds is 3. The van der Waals surface area contributed by atoms with Crippen LogP contribution in [0.1, 0.15) is 23.1 Å². The lowest BCUT2D eigenvalue weighted by atomic mass is 10.1. The molecule has 3 rings (SSSR count). The maximum Gasteiger partial charge on any atom is 0.229 e. The Morgan fingerprint density at radius 3 is 2.48 bits per heavy atom. The number of halogens is 1. The second kappa shape index (κ2) is 6.89. The number of aryl methyl sites for hydroxylation is 3. The highest BCUT2D eigenvalue weighted by molar-refractivity contribution is 6.31. The highest BCUT2D eigenvalue weighted by atomic mass is 35.5. The molecule has 1 saturated heterocycles. The monoisotopic (exact) mass is 356 g/mol. The summed E-state index contributed by atoms with van der Waals surface area (Å²) < 4.78 is 0. The molecule has 0 aromatic heterocycles. The lowest BCUT2D eigenvalue weighted by molar-refractivity contribution is -0.122. The smallest absolute Gasteiger partial charge is 0.229 e. The molecule has 1 heterocycles. The second-order valence-corrected chi connectivity index (χ2v) is 7.03. The van der Waals surface area contributed by atoms with Crippen LogP contribution < -0.4 is 10.2 Å². The minimum atomic E-state index is -0.366. The van der Waals surface area contributed by atoms with Gasteiger partial charge in [0.25, 0.3) is 0 Å². The number of nitrogens with zero attached hydrogens (tertiary/aromatic N) is 1. The summed E-state index contributed by atoms with van der Waals surface area (Å²) in [5, 5.41) is 3.54. The van der Waals surface area contributed by atoms with E-state index in [1.165, 1.54) is 5.56 Å². The van der Waals surface area contributed by atoms with Crippen LogP contribution in [0.25, 0.3) is 0 Å². The third kappa shape index (κ3) is 3.69. The molecule has 5 heteroatoms. The van der Waals surface area contributed by atoms with Crippen molar-refractivity contribution in [1.82, 2.24) is 0 Å². The number of hydrogen-bond acceptors (Lipinski definition) is 2. The quantitative estimate of drug-likeness (QED) is 0.893. The molecule has 130 valence electrons. The Morgan fingerprint density at radius 1 is 1.08 bits per heavy atom. The van der Waals surface area contributed by atoms with Crippen LogP contribution in [0, 0.1) is 26.7 Å². The number of hydrogen-bond donors (Lipinski definition) is 1. The predicted octanol–water partition coefficient (Wildman–Crippen LogP) is 4.26. The van der Waals surface area contributed by atoms with E-state index in [0.29, 0.717) is 11.6 Å². The van der Waals surface area contributed by atoms with E-state index in [1.54, 1.807) is 11.0 Å². The first-order chi connectivity index (χ1) is 11.8. The minimum Gasteiger partial charge on any atom is -0.326 e. The lowest BCUT2D eigenvalue weighted by Crippen LogP contribution is -2.28. The Labute approximate surface area is 152 Å². The number of amides is 2. The molecule has 1 N–H and O–H groups in total. The van der Waals surface area contributed by atoms with Crippen LogP contribution in [0.4, 0.5) is 11.4 Å². The van der Waals surface area contributed by atoms with Gasteiger partial charge in [0, 0.05) is 29.4 Å². The SMILES string of the molecule is Cc1ccc(NC(=O)[C@H]2CC(=O)N(c3ccc(C)c(Cl)c3)C2)cc1C. The zero-order chi connectivity index (χ0) is 18.1. The van der Waals surface area contributed by atoms with E-state index in [1.807, 2.05) is 51.1 Å². The average molecular weight is 357 g/mol. The molecule has 1 fully saturated rings. The van der Waals surface area contributed by atoms with Gasteiger partial charge in [-0.15, -0.1) is 0 Å². The van der Waals surface area contributed by atoms with Gasteiger partial charge in [-0.25, -0.2) is 0 Å². The fourth-order valence-corrected chi connectivity index (χ4v) is 3.12. The maximum absolute atomic E-state index is 12.5. The van der Waals surface area contributed by atoms with Crippen LogP contribution in [-0.4, -0.2) is 18.4 Å². The zero-order valence-corrected chi connectivity index (χ0v) is 15.4. The Morgan fingerprint density at radius 2 is 1.80 bits per heavy atom.